The highest BCUT2D eigenvalue weighted by molar-refractivity contribution is 6.01. The number of rotatable bonds is 3. The van der Waals surface area contributed by atoms with Gasteiger partial charge in [-0.3, -0.25) is 19.7 Å². The van der Waals surface area contributed by atoms with Crippen molar-refractivity contribution in [3.8, 4) is 0 Å². The van der Waals surface area contributed by atoms with Crippen molar-refractivity contribution in [2.24, 2.45) is 5.73 Å². The van der Waals surface area contributed by atoms with Crippen LogP contribution in [-0.4, -0.2) is 63.4 Å². The molecule has 3 N–H and O–H groups in total. The molecule has 2 aromatic rings. The predicted octanol–water partition coefficient (Wildman–Crippen LogP) is 3.07. The van der Waals surface area contributed by atoms with Gasteiger partial charge in [-0.25, -0.2) is 4.79 Å². The zero-order chi connectivity index (χ0) is 24.9. The van der Waals surface area contributed by atoms with Gasteiger partial charge >= 0.3 is 6.03 Å². The monoisotopic (exact) mass is 475 g/mol. The summed E-state index contributed by atoms with van der Waals surface area (Å²) in [6, 6.07) is 3.96. The first-order valence-electron chi connectivity index (χ1n) is 12.1. The minimum Gasteiger partial charge on any atom is -0.371 e. The first-order valence-corrected chi connectivity index (χ1v) is 12.1. The summed E-state index contributed by atoms with van der Waals surface area (Å²) in [5.74, 6) is -0.0543. The summed E-state index contributed by atoms with van der Waals surface area (Å²) < 4.78 is 0. The topological polar surface area (TPSA) is 108 Å². The van der Waals surface area contributed by atoms with Crippen LogP contribution in [0.3, 0.4) is 0 Å². The van der Waals surface area contributed by atoms with E-state index in [1.165, 1.54) is 0 Å². The fourth-order valence-electron chi connectivity index (χ4n) is 5.14. The second kappa shape index (κ2) is 8.64. The van der Waals surface area contributed by atoms with Crippen molar-refractivity contribution in [2.45, 2.75) is 57.8 Å². The third-order valence-electron chi connectivity index (χ3n) is 7.05. The van der Waals surface area contributed by atoms with E-state index in [1.807, 2.05) is 48.3 Å². The third kappa shape index (κ3) is 4.25. The van der Waals surface area contributed by atoms with Gasteiger partial charge in [0.15, 0.2) is 0 Å². The Morgan fingerprint density at radius 2 is 1.91 bits per heavy atom. The number of nitrogens with two attached hydrogens (primary N) is 1. The van der Waals surface area contributed by atoms with E-state index >= 15 is 0 Å². The van der Waals surface area contributed by atoms with Crippen LogP contribution in [0.5, 0.6) is 0 Å². The first kappa shape index (κ1) is 23.3. The lowest BCUT2D eigenvalue weighted by molar-refractivity contribution is -0.136. The highest BCUT2D eigenvalue weighted by atomic mass is 16.2. The lowest BCUT2D eigenvalue weighted by Crippen LogP contribution is -2.57. The Labute approximate surface area is 206 Å². The molecule has 0 aliphatic carbocycles. The maximum Gasteiger partial charge on any atom is 0.324 e. The molecular weight excluding hydrogens is 442 g/mol. The lowest BCUT2D eigenvalue weighted by Gasteiger charge is -2.45. The van der Waals surface area contributed by atoms with Crippen molar-refractivity contribution >= 4 is 29.4 Å². The molecule has 9 heteroatoms. The molecule has 5 heterocycles. The van der Waals surface area contributed by atoms with E-state index in [2.05, 4.69) is 27.4 Å². The SMILES string of the molecule is Cc1ccc(C2C=Cc3ncc4c(c3N2)N(C2CCN(C(=O)C(C)(C)N)CC2)C(=O)N(C)C4)cn1. The number of likely N-dealkylation sites (tertiary alicyclic amines) is 1. The Bertz CT molecular complexity index is 1180. The molecule has 1 atom stereocenters. The Hall–Kier alpha value is -3.46. The predicted molar refractivity (Wildman–Crippen MR) is 136 cm³/mol. The number of hydrogen-bond donors (Lipinski definition) is 2. The average molecular weight is 476 g/mol. The van der Waals surface area contributed by atoms with Crippen molar-refractivity contribution in [3.05, 3.63) is 53.1 Å². The number of pyridine rings is 2. The average Bonchev–Trinajstić information content (AvgIpc) is 2.84. The lowest BCUT2D eigenvalue weighted by atomic mass is 9.96. The molecule has 1 unspecified atom stereocenters. The number of urea groups is 1. The molecule has 3 aliphatic rings. The van der Waals surface area contributed by atoms with Crippen LogP contribution in [0.25, 0.3) is 6.08 Å². The van der Waals surface area contributed by atoms with Crippen LogP contribution in [0.2, 0.25) is 0 Å². The number of piperidine rings is 1. The highest BCUT2D eigenvalue weighted by Gasteiger charge is 2.40. The van der Waals surface area contributed by atoms with Crippen LogP contribution in [0.4, 0.5) is 16.2 Å². The van der Waals surface area contributed by atoms with Gasteiger partial charge in [0.2, 0.25) is 5.91 Å². The number of carbonyl (C=O) groups excluding carboxylic acids is 2. The molecule has 0 saturated carbocycles. The maximum absolute atomic E-state index is 13.5. The zero-order valence-electron chi connectivity index (χ0n) is 20.8. The molecule has 1 fully saturated rings. The molecule has 5 rings (SSSR count). The molecule has 35 heavy (non-hydrogen) atoms. The molecule has 3 amide bonds. The van der Waals surface area contributed by atoms with E-state index in [1.54, 1.807) is 18.7 Å². The van der Waals surface area contributed by atoms with E-state index in [0.717, 1.165) is 33.9 Å². The van der Waals surface area contributed by atoms with E-state index in [4.69, 9.17) is 5.73 Å². The highest BCUT2D eigenvalue weighted by Crippen LogP contribution is 2.43. The molecule has 184 valence electrons. The van der Waals surface area contributed by atoms with Crippen molar-refractivity contribution in [2.75, 3.05) is 30.4 Å². The van der Waals surface area contributed by atoms with Crippen molar-refractivity contribution in [1.29, 1.82) is 0 Å². The van der Waals surface area contributed by atoms with Crippen LogP contribution >= 0.6 is 0 Å². The number of aryl methyl sites for hydroxylation is 1. The fraction of sp³-hybridized carbons (Fsp3) is 0.462. The van der Waals surface area contributed by atoms with E-state index in [9.17, 15) is 9.59 Å². The van der Waals surface area contributed by atoms with Gasteiger partial charge in [0.1, 0.15) is 0 Å². The molecule has 1 saturated heterocycles. The van der Waals surface area contributed by atoms with Crippen LogP contribution in [-0.2, 0) is 11.3 Å². The number of nitrogens with one attached hydrogen (secondary N) is 1. The van der Waals surface area contributed by atoms with Gasteiger partial charge in [0, 0.05) is 49.8 Å². The minimum atomic E-state index is -0.901. The summed E-state index contributed by atoms with van der Waals surface area (Å²) in [5, 5.41) is 3.63. The van der Waals surface area contributed by atoms with Crippen LogP contribution in [0.1, 0.15) is 55.2 Å². The van der Waals surface area contributed by atoms with Gasteiger partial charge in [-0.1, -0.05) is 12.1 Å². The Morgan fingerprint density at radius 3 is 2.57 bits per heavy atom. The number of hydrogen-bond acceptors (Lipinski definition) is 6. The quantitative estimate of drug-likeness (QED) is 0.707. The molecule has 0 radical (unpaired) electrons. The van der Waals surface area contributed by atoms with E-state index in [0.29, 0.717) is 32.5 Å². The number of aromatic nitrogens is 2. The standard InChI is InChI=1S/C26H33N7O2/c1-16-5-6-17(13-28-16)20-7-8-21-22(30-20)23-18(14-29-21)15-31(4)25(35)33(23)19-9-11-32(12-10-19)24(34)26(2,3)27/h5-8,13-14,19-20,30H,9-12,15,27H2,1-4H3. The number of nitrogens with zero attached hydrogens (tertiary/aromatic N) is 5. The van der Waals surface area contributed by atoms with Crippen molar-refractivity contribution in [3.63, 3.8) is 0 Å². The summed E-state index contributed by atoms with van der Waals surface area (Å²) in [6.07, 6.45) is 9.24. The van der Waals surface area contributed by atoms with Crippen molar-refractivity contribution < 1.29 is 9.59 Å². The first-order chi connectivity index (χ1) is 16.6. The molecule has 0 aromatic carbocycles. The van der Waals surface area contributed by atoms with Gasteiger partial charge in [-0.15, -0.1) is 0 Å². The third-order valence-corrected chi connectivity index (χ3v) is 7.05. The summed E-state index contributed by atoms with van der Waals surface area (Å²) in [7, 11) is 1.82. The van der Waals surface area contributed by atoms with Crippen LogP contribution in [0, 0.1) is 6.92 Å². The van der Waals surface area contributed by atoms with Gasteiger partial charge < -0.3 is 20.9 Å². The van der Waals surface area contributed by atoms with Gasteiger partial charge in [0.25, 0.3) is 0 Å². The van der Waals surface area contributed by atoms with Gasteiger partial charge in [-0.05, 0) is 51.3 Å². The second-order valence-electron chi connectivity index (χ2n) is 10.4. The maximum atomic E-state index is 13.5. The van der Waals surface area contributed by atoms with Gasteiger partial charge in [-0.2, -0.15) is 0 Å². The van der Waals surface area contributed by atoms with Crippen molar-refractivity contribution in [1.82, 2.24) is 19.8 Å². The smallest absolute Gasteiger partial charge is 0.324 e. The van der Waals surface area contributed by atoms with E-state index < -0.39 is 5.54 Å². The summed E-state index contributed by atoms with van der Waals surface area (Å²) >= 11 is 0. The molecule has 3 aliphatic heterocycles. The van der Waals surface area contributed by atoms with Gasteiger partial charge in [0.05, 0.1) is 35.2 Å². The molecule has 0 spiro atoms. The van der Waals surface area contributed by atoms with Crippen LogP contribution < -0.4 is 16.0 Å². The number of carbonyl (C=O) groups is 2. The van der Waals surface area contributed by atoms with E-state index in [-0.39, 0.29) is 24.0 Å². The zero-order valence-corrected chi connectivity index (χ0v) is 20.8. The molecule has 2 aromatic heterocycles. The molecule has 9 nitrogen and oxygen atoms in total. The number of amides is 3. The second-order valence-corrected chi connectivity index (χ2v) is 10.4. The van der Waals surface area contributed by atoms with Crippen LogP contribution in [0.15, 0.2) is 30.6 Å². The Balaban J connectivity index is 1.47. The number of anilines is 2. The molecular formula is C26H33N7O2. The largest absolute Gasteiger partial charge is 0.371 e. The Morgan fingerprint density at radius 1 is 1.17 bits per heavy atom. The summed E-state index contributed by atoms with van der Waals surface area (Å²) in [6.45, 7) is 7.09. The number of fused-ring (bicyclic) bond motifs is 3. The Kier molecular flexibility index (Phi) is 5.75. The fourth-order valence-corrected chi connectivity index (χ4v) is 5.14. The summed E-state index contributed by atoms with van der Waals surface area (Å²) in [4.78, 5) is 40.8. The summed E-state index contributed by atoms with van der Waals surface area (Å²) in [5.41, 5.74) is 10.8. The molecule has 0 bridgehead atoms. The minimum absolute atomic E-state index is 0.0207. The normalized spacial score (nSPS) is 20.4.